The van der Waals surface area contributed by atoms with Crippen LogP contribution in [0, 0.1) is 33.6 Å². The van der Waals surface area contributed by atoms with Gasteiger partial charge in [0.05, 0.1) is 23.0 Å². The number of aliphatic hydroxyl groups excluding tert-OH is 1. The van der Waals surface area contributed by atoms with E-state index < -0.39 is 0 Å². The predicted molar refractivity (Wildman–Crippen MR) is 119 cm³/mol. The van der Waals surface area contributed by atoms with Gasteiger partial charge in [-0.05, 0) is 57.4 Å². The summed E-state index contributed by atoms with van der Waals surface area (Å²) in [6, 6.07) is 8.21. The summed E-state index contributed by atoms with van der Waals surface area (Å²) in [5.41, 5.74) is 8.04. The number of fused-ring (bicyclic) bond motifs is 1. The van der Waals surface area contributed by atoms with Crippen molar-refractivity contribution in [1.82, 2.24) is 14.3 Å². The number of imidazole rings is 1. The van der Waals surface area contributed by atoms with Crippen LogP contribution in [0.4, 0.5) is 5.69 Å². The number of hydrogen-bond acceptors (Lipinski definition) is 4. The molecular weight excluding hydrogens is 376 g/mol. The molecule has 1 aliphatic rings. The number of carbonyl (C=O) groups is 1. The Balaban J connectivity index is 1.66. The molecule has 4 rings (SSSR count). The van der Waals surface area contributed by atoms with Gasteiger partial charge in [0.2, 0.25) is 0 Å². The molecule has 1 atom stereocenters. The maximum atomic E-state index is 13.1. The fraction of sp³-hybridized carbons (Fsp3) is 0.417. The maximum absolute atomic E-state index is 13.1. The first kappa shape index (κ1) is 20.4. The van der Waals surface area contributed by atoms with Crippen LogP contribution in [-0.4, -0.2) is 44.5 Å². The second kappa shape index (κ2) is 7.76. The van der Waals surface area contributed by atoms with E-state index in [0.29, 0.717) is 25.2 Å². The highest BCUT2D eigenvalue weighted by atomic mass is 16.3. The highest BCUT2D eigenvalue weighted by Gasteiger charge is 2.34. The lowest BCUT2D eigenvalue weighted by molar-refractivity contribution is 0.00880. The highest BCUT2D eigenvalue weighted by molar-refractivity contribution is 5.96. The Morgan fingerprint density at radius 3 is 2.53 bits per heavy atom. The molecule has 2 aromatic heterocycles. The van der Waals surface area contributed by atoms with Crippen molar-refractivity contribution in [2.75, 3.05) is 18.4 Å². The highest BCUT2D eigenvalue weighted by Crippen LogP contribution is 2.27. The third-order valence-corrected chi connectivity index (χ3v) is 6.42. The molecule has 0 aliphatic carbocycles. The molecule has 1 unspecified atom stereocenters. The second-order valence-corrected chi connectivity index (χ2v) is 8.55. The first-order chi connectivity index (χ1) is 14.3. The van der Waals surface area contributed by atoms with Gasteiger partial charge in [-0.1, -0.05) is 18.2 Å². The maximum Gasteiger partial charge on any atom is 0.255 e. The Kier molecular flexibility index (Phi) is 5.28. The molecule has 0 bridgehead atoms. The fourth-order valence-electron chi connectivity index (χ4n) is 4.10. The van der Waals surface area contributed by atoms with Gasteiger partial charge in [-0.15, -0.1) is 0 Å². The van der Waals surface area contributed by atoms with Gasteiger partial charge < -0.3 is 19.7 Å². The molecule has 0 radical (unpaired) electrons. The summed E-state index contributed by atoms with van der Waals surface area (Å²) in [5.74, 6) is 0.159. The lowest BCUT2D eigenvalue weighted by Crippen LogP contribution is -2.53. The van der Waals surface area contributed by atoms with E-state index in [0.717, 1.165) is 22.7 Å². The molecule has 0 saturated carbocycles. The van der Waals surface area contributed by atoms with Gasteiger partial charge >= 0.3 is 0 Å². The molecule has 3 heterocycles. The largest absolute Gasteiger partial charge is 0.393 e. The van der Waals surface area contributed by atoms with Gasteiger partial charge in [-0.25, -0.2) is 4.98 Å². The van der Waals surface area contributed by atoms with Gasteiger partial charge in [-0.2, -0.15) is 0 Å². The van der Waals surface area contributed by atoms with Crippen molar-refractivity contribution in [3.63, 3.8) is 0 Å². The third-order valence-electron chi connectivity index (χ3n) is 6.42. The first-order valence-electron chi connectivity index (χ1n) is 10.5. The molecule has 1 aromatic carbocycles. The summed E-state index contributed by atoms with van der Waals surface area (Å²) >= 11 is 0. The molecule has 1 saturated heterocycles. The van der Waals surface area contributed by atoms with Crippen LogP contribution in [0.25, 0.3) is 5.65 Å². The van der Waals surface area contributed by atoms with Crippen molar-refractivity contribution in [1.29, 1.82) is 0 Å². The summed E-state index contributed by atoms with van der Waals surface area (Å²) in [5, 5.41) is 13.3. The minimum absolute atomic E-state index is 0.00493. The molecule has 1 amide bonds. The van der Waals surface area contributed by atoms with Crippen molar-refractivity contribution in [2.45, 2.75) is 47.3 Å². The molecule has 3 aromatic rings. The van der Waals surface area contributed by atoms with E-state index in [2.05, 4.69) is 37.4 Å². The molecule has 158 valence electrons. The summed E-state index contributed by atoms with van der Waals surface area (Å²) in [4.78, 5) is 19.6. The van der Waals surface area contributed by atoms with Crippen LogP contribution in [0.15, 0.2) is 30.5 Å². The quantitative estimate of drug-likeness (QED) is 0.679. The van der Waals surface area contributed by atoms with Gasteiger partial charge in [0, 0.05) is 37.4 Å². The number of hydrogen-bond donors (Lipinski definition) is 2. The Morgan fingerprint density at radius 2 is 1.90 bits per heavy atom. The number of carbonyl (C=O) groups excluding carboxylic acids is 1. The Labute approximate surface area is 177 Å². The predicted octanol–water partition coefficient (Wildman–Crippen LogP) is 3.63. The normalized spacial score (nSPS) is 15.3. The second-order valence-electron chi connectivity index (χ2n) is 8.55. The minimum Gasteiger partial charge on any atom is -0.393 e. The van der Waals surface area contributed by atoms with E-state index in [1.165, 1.54) is 16.7 Å². The van der Waals surface area contributed by atoms with E-state index in [1.54, 1.807) is 11.8 Å². The Morgan fingerprint density at radius 1 is 1.23 bits per heavy atom. The summed E-state index contributed by atoms with van der Waals surface area (Å²) in [6.07, 6.45) is 1.50. The van der Waals surface area contributed by atoms with Crippen molar-refractivity contribution in [3.8, 4) is 0 Å². The van der Waals surface area contributed by atoms with Crippen LogP contribution < -0.4 is 5.32 Å². The molecule has 0 spiro atoms. The lowest BCUT2D eigenvalue weighted by atomic mass is 9.94. The van der Waals surface area contributed by atoms with Crippen LogP contribution in [0.3, 0.4) is 0 Å². The van der Waals surface area contributed by atoms with Crippen LogP contribution in [0.2, 0.25) is 0 Å². The van der Waals surface area contributed by atoms with E-state index >= 15 is 0 Å². The molecule has 1 aliphatic heterocycles. The van der Waals surface area contributed by atoms with Crippen molar-refractivity contribution in [2.24, 2.45) is 5.92 Å². The SMILES string of the molecule is Cc1cccc(C)c1CNc1cc(C(=O)N2CC(C(C)O)C2)cn2c(C)c(C)nc12. The number of nitrogens with zero attached hydrogens (tertiary/aromatic N) is 3. The zero-order valence-corrected chi connectivity index (χ0v) is 18.4. The summed E-state index contributed by atoms with van der Waals surface area (Å²) < 4.78 is 2.00. The van der Waals surface area contributed by atoms with E-state index in [4.69, 9.17) is 4.98 Å². The van der Waals surface area contributed by atoms with Crippen molar-refractivity contribution in [3.05, 3.63) is 64.1 Å². The van der Waals surface area contributed by atoms with Crippen molar-refractivity contribution < 1.29 is 9.90 Å². The Bertz CT molecular complexity index is 1090. The van der Waals surface area contributed by atoms with Crippen LogP contribution in [0.1, 0.15) is 45.4 Å². The van der Waals surface area contributed by atoms with Gasteiger partial charge in [0.15, 0.2) is 5.65 Å². The Hall–Kier alpha value is -2.86. The molecule has 30 heavy (non-hydrogen) atoms. The zero-order valence-electron chi connectivity index (χ0n) is 18.4. The number of pyridine rings is 1. The van der Waals surface area contributed by atoms with Crippen LogP contribution in [0.5, 0.6) is 0 Å². The van der Waals surface area contributed by atoms with Crippen LogP contribution in [-0.2, 0) is 6.54 Å². The average molecular weight is 407 g/mol. The number of anilines is 1. The van der Waals surface area contributed by atoms with E-state index in [-0.39, 0.29) is 17.9 Å². The number of aliphatic hydroxyl groups is 1. The van der Waals surface area contributed by atoms with Gasteiger partial charge in [-0.3, -0.25) is 4.79 Å². The standard InChI is InChI=1S/C24H30N4O2/c1-14-7-6-8-15(2)21(14)10-25-22-9-19(13-28-17(4)16(3)26-23(22)28)24(30)27-11-20(12-27)18(5)29/h6-9,13,18,20,25,29H,10-12H2,1-5H3. The molecule has 6 nitrogen and oxygen atoms in total. The van der Waals surface area contributed by atoms with E-state index in [9.17, 15) is 9.90 Å². The number of nitrogens with one attached hydrogen (secondary N) is 1. The minimum atomic E-state index is -0.385. The molecule has 2 N–H and O–H groups in total. The zero-order chi connectivity index (χ0) is 21.6. The molecule has 6 heteroatoms. The molecular formula is C24H30N4O2. The molecule has 1 fully saturated rings. The topological polar surface area (TPSA) is 69.9 Å². The number of aryl methyl sites for hydroxylation is 4. The summed E-state index contributed by atoms with van der Waals surface area (Å²) in [7, 11) is 0. The number of rotatable bonds is 5. The number of aromatic nitrogens is 2. The smallest absolute Gasteiger partial charge is 0.255 e. The number of benzene rings is 1. The van der Waals surface area contributed by atoms with Crippen molar-refractivity contribution >= 4 is 17.2 Å². The number of amides is 1. The lowest BCUT2D eigenvalue weighted by Gasteiger charge is -2.40. The first-order valence-corrected chi connectivity index (χ1v) is 10.5. The third kappa shape index (κ3) is 3.56. The summed E-state index contributed by atoms with van der Waals surface area (Å²) in [6.45, 7) is 11.9. The van der Waals surface area contributed by atoms with Gasteiger partial charge in [0.1, 0.15) is 0 Å². The number of likely N-dealkylation sites (tertiary alicyclic amines) is 1. The fourth-order valence-corrected chi connectivity index (χ4v) is 4.10. The monoisotopic (exact) mass is 406 g/mol. The van der Waals surface area contributed by atoms with E-state index in [1.807, 2.05) is 30.5 Å². The van der Waals surface area contributed by atoms with Gasteiger partial charge in [0.25, 0.3) is 5.91 Å². The average Bonchev–Trinajstić information content (AvgIpc) is 2.94. The van der Waals surface area contributed by atoms with Crippen LogP contribution >= 0.6 is 0 Å².